The van der Waals surface area contributed by atoms with Crippen molar-refractivity contribution in [1.29, 1.82) is 0 Å². The summed E-state index contributed by atoms with van der Waals surface area (Å²) in [5.41, 5.74) is 2.68. The van der Waals surface area contributed by atoms with Crippen LogP contribution >= 0.6 is 0 Å². The van der Waals surface area contributed by atoms with Crippen molar-refractivity contribution in [3.63, 3.8) is 0 Å². The number of carbonyl (C=O) groups excluding carboxylic acids is 1. The van der Waals surface area contributed by atoms with E-state index >= 15 is 0 Å². The van der Waals surface area contributed by atoms with Crippen LogP contribution in [0.2, 0.25) is 0 Å². The van der Waals surface area contributed by atoms with Crippen molar-refractivity contribution in [3.05, 3.63) is 66.2 Å². The van der Waals surface area contributed by atoms with Crippen LogP contribution in [-0.4, -0.2) is 38.1 Å². The van der Waals surface area contributed by atoms with Gasteiger partial charge in [-0.3, -0.25) is 14.8 Å². The molecule has 6 heteroatoms. The van der Waals surface area contributed by atoms with Crippen LogP contribution in [0.3, 0.4) is 0 Å². The summed E-state index contributed by atoms with van der Waals surface area (Å²) >= 11 is 0. The molecule has 2 aromatic heterocycles. The number of benzene rings is 1. The number of rotatable bonds is 5. The summed E-state index contributed by atoms with van der Waals surface area (Å²) in [4.78, 5) is 25.8. The van der Waals surface area contributed by atoms with Gasteiger partial charge in [-0.15, -0.1) is 0 Å². The van der Waals surface area contributed by atoms with Crippen LogP contribution in [0.4, 0.5) is 0 Å². The van der Waals surface area contributed by atoms with Crippen molar-refractivity contribution in [2.24, 2.45) is 5.92 Å². The van der Waals surface area contributed by atoms with Crippen LogP contribution in [0.15, 0.2) is 54.9 Å². The van der Waals surface area contributed by atoms with Gasteiger partial charge in [0.25, 0.3) is 5.91 Å². The lowest BCUT2D eigenvalue weighted by molar-refractivity contribution is 0.0237. The quantitative estimate of drug-likeness (QED) is 0.737. The highest BCUT2D eigenvalue weighted by molar-refractivity contribution is 5.94. The Morgan fingerprint density at radius 2 is 1.88 bits per heavy atom. The maximum absolute atomic E-state index is 12.7. The Bertz CT molecular complexity index is 910. The third-order valence-corrected chi connectivity index (χ3v) is 4.87. The van der Waals surface area contributed by atoms with Crippen molar-refractivity contribution < 1.29 is 9.90 Å². The highest BCUT2D eigenvalue weighted by Crippen LogP contribution is 2.31. The molecule has 1 aromatic carbocycles. The van der Waals surface area contributed by atoms with E-state index in [0.29, 0.717) is 30.5 Å². The number of hydrogen-bond donors (Lipinski definition) is 2. The van der Waals surface area contributed by atoms with Gasteiger partial charge in [-0.1, -0.05) is 18.2 Å². The number of para-hydroxylation sites is 2. The van der Waals surface area contributed by atoms with Crippen LogP contribution in [0.5, 0.6) is 0 Å². The first-order valence-electron chi connectivity index (χ1n) is 8.79. The number of pyridine rings is 1. The molecule has 2 heterocycles. The van der Waals surface area contributed by atoms with Crippen molar-refractivity contribution >= 4 is 16.9 Å². The molecule has 0 bridgehead atoms. The van der Waals surface area contributed by atoms with E-state index in [1.54, 1.807) is 6.20 Å². The van der Waals surface area contributed by atoms with Crippen LogP contribution in [0.25, 0.3) is 11.0 Å². The first-order chi connectivity index (χ1) is 12.7. The lowest BCUT2D eigenvalue weighted by Crippen LogP contribution is -2.48. The second-order valence-corrected chi connectivity index (χ2v) is 6.73. The summed E-state index contributed by atoms with van der Waals surface area (Å²) in [7, 11) is 0. The molecule has 132 valence electrons. The molecule has 2 N–H and O–H groups in total. The molecule has 1 amide bonds. The number of amides is 1. The number of carbonyl (C=O) groups is 1. The molecule has 0 spiro atoms. The lowest BCUT2D eigenvalue weighted by Gasteiger charge is -2.38. The van der Waals surface area contributed by atoms with Crippen LogP contribution in [-0.2, 0) is 6.42 Å². The SMILES string of the molecule is O=C(N[C@@H](Cc1ccccn1)C1CC(O)C1)c1cnc2ccccc2n1. The minimum absolute atomic E-state index is 0.0888. The highest BCUT2D eigenvalue weighted by Gasteiger charge is 2.35. The number of nitrogens with one attached hydrogen (secondary N) is 1. The summed E-state index contributed by atoms with van der Waals surface area (Å²) in [6.45, 7) is 0. The third-order valence-electron chi connectivity index (χ3n) is 4.87. The predicted molar refractivity (Wildman–Crippen MR) is 97.5 cm³/mol. The zero-order valence-corrected chi connectivity index (χ0v) is 14.2. The number of aliphatic hydroxyl groups is 1. The van der Waals surface area contributed by atoms with Gasteiger partial charge in [0.2, 0.25) is 0 Å². The summed E-state index contributed by atoms with van der Waals surface area (Å²) in [6.07, 6.45) is 5.00. The number of nitrogens with zero attached hydrogens (tertiary/aromatic N) is 3. The van der Waals surface area contributed by atoms with E-state index in [9.17, 15) is 9.90 Å². The molecule has 1 saturated carbocycles. The molecule has 4 rings (SSSR count). The van der Waals surface area contributed by atoms with Crippen LogP contribution in [0.1, 0.15) is 29.0 Å². The fourth-order valence-electron chi connectivity index (χ4n) is 3.35. The van der Waals surface area contributed by atoms with Gasteiger partial charge in [-0.2, -0.15) is 0 Å². The zero-order valence-electron chi connectivity index (χ0n) is 14.2. The molecule has 0 unspecified atom stereocenters. The molecule has 0 saturated heterocycles. The highest BCUT2D eigenvalue weighted by atomic mass is 16.3. The fourth-order valence-corrected chi connectivity index (χ4v) is 3.35. The van der Waals surface area contributed by atoms with E-state index < -0.39 is 0 Å². The van der Waals surface area contributed by atoms with Gasteiger partial charge in [0, 0.05) is 24.4 Å². The Labute approximate surface area is 151 Å². The number of aliphatic hydroxyl groups excluding tert-OH is 1. The van der Waals surface area contributed by atoms with E-state index in [2.05, 4.69) is 20.3 Å². The normalized spacial score (nSPS) is 20.3. The maximum Gasteiger partial charge on any atom is 0.271 e. The molecule has 1 aliphatic rings. The van der Waals surface area contributed by atoms with Gasteiger partial charge in [-0.25, -0.2) is 4.98 Å². The average molecular weight is 348 g/mol. The van der Waals surface area contributed by atoms with Crippen molar-refractivity contribution in [1.82, 2.24) is 20.3 Å². The standard InChI is InChI=1S/C20H20N4O2/c25-15-9-13(10-15)18(11-14-5-3-4-8-21-14)24-20(26)19-12-22-16-6-1-2-7-17(16)23-19/h1-8,12-13,15,18,25H,9-11H2,(H,24,26)/t13?,15?,18-/m0/s1. The van der Waals surface area contributed by atoms with Crippen LogP contribution in [0, 0.1) is 5.92 Å². The van der Waals surface area contributed by atoms with Crippen molar-refractivity contribution in [3.8, 4) is 0 Å². The first kappa shape index (κ1) is 16.6. The minimum atomic E-state index is -0.274. The first-order valence-corrected chi connectivity index (χ1v) is 8.79. The van der Waals surface area contributed by atoms with Gasteiger partial charge in [0.1, 0.15) is 5.69 Å². The van der Waals surface area contributed by atoms with E-state index in [0.717, 1.165) is 11.2 Å². The summed E-state index contributed by atoms with van der Waals surface area (Å²) in [5, 5.41) is 12.7. The molecule has 26 heavy (non-hydrogen) atoms. The minimum Gasteiger partial charge on any atom is -0.393 e. The summed E-state index contributed by atoms with van der Waals surface area (Å²) in [6, 6.07) is 13.1. The summed E-state index contributed by atoms with van der Waals surface area (Å²) in [5.74, 6) is -0.00468. The monoisotopic (exact) mass is 348 g/mol. The molecule has 0 radical (unpaired) electrons. The Hall–Kier alpha value is -2.86. The van der Waals surface area contributed by atoms with E-state index in [1.165, 1.54) is 6.20 Å². The van der Waals surface area contributed by atoms with Crippen molar-refractivity contribution in [2.45, 2.75) is 31.4 Å². The second kappa shape index (κ2) is 7.17. The fraction of sp³-hybridized carbons (Fsp3) is 0.300. The Balaban J connectivity index is 1.52. The van der Waals surface area contributed by atoms with E-state index in [4.69, 9.17) is 0 Å². The number of aromatic nitrogens is 3. The third kappa shape index (κ3) is 3.55. The molecular weight excluding hydrogens is 328 g/mol. The van der Waals surface area contributed by atoms with Gasteiger partial charge < -0.3 is 10.4 Å². The molecule has 1 atom stereocenters. The molecule has 3 aromatic rings. The Kier molecular flexibility index (Phi) is 4.58. The maximum atomic E-state index is 12.7. The lowest BCUT2D eigenvalue weighted by atomic mass is 9.76. The summed E-state index contributed by atoms with van der Waals surface area (Å²) < 4.78 is 0. The molecular formula is C20H20N4O2. The van der Waals surface area contributed by atoms with Crippen LogP contribution < -0.4 is 5.32 Å². The topological polar surface area (TPSA) is 88.0 Å². The van der Waals surface area contributed by atoms with Gasteiger partial charge >= 0.3 is 0 Å². The Morgan fingerprint density at radius 3 is 2.62 bits per heavy atom. The second-order valence-electron chi connectivity index (χ2n) is 6.73. The largest absolute Gasteiger partial charge is 0.393 e. The molecule has 1 fully saturated rings. The molecule has 6 nitrogen and oxygen atoms in total. The molecule has 1 aliphatic carbocycles. The molecule has 0 aliphatic heterocycles. The average Bonchev–Trinajstić information content (AvgIpc) is 2.65. The van der Waals surface area contributed by atoms with Gasteiger partial charge in [0.05, 0.1) is 23.3 Å². The smallest absolute Gasteiger partial charge is 0.271 e. The van der Waals surface area contributed by atoms with E-state index in [1.807, 2.05) is 42.5 Å². The number of hydrogen-bond acceptors (Lipinski definition) is 5. The predicted octanol–water partition coefficient (Wildman–Crippen LogP) is 2.14. The van der Waals surface area contributed by atoms with E-state index in [-0.39, 0.29) is 24.0 Å². The van der Waals surface area contributed by atoms with Gasteiger partial charge in [0.15, 0.2) is 0 Å². The number of fused-ring (bicyclic) bond motifs is 1. The Morgan fingerprint density at radius 1 is 1.12 bits per heavy atom. The van der Waals surface area contributed by atoms with Gasteiger partial charge in [-0.05, 0) is 43.0 Å². The van der Waals surface area contributed by atoms with Crippen molar-refractivity contribution in [2.75, 3.05) is 0 Å². The zero-order chi connectivity index (χ0) is 17.9.